The lowest BCUT2D eigenvalue weighted by atomic mass is 10.3. The van der Waals surface area contributed by atoms with Crippen molar-refractivity contribution in [1.29, 1.82) is 0 Å². The zero-order valence-corrected chi connectivity index (χ0v) is 15.9. The minimum atomic E-state index is -1.87. The van der Waals surface area contributed by atoms with E-state index < -0.39 is 11.8 Å². The van der Waals surface area contributed by atoms with E-state index in [9.17, 15) is 13.6 Å². The van der Waals surface area contributed by atoms with Crippen LogP contribution in [-0.4, -0.2) is 30.7 Å². The number of hydrogen-bond acceptors (Lipinski definition) is 5. The van der Waals surface area contributed by atoms with Gasteiger partial charge in [0.2, 0.25) is 0 Å². The molecule has 0 aromatic carbocycles. The molecule has 1 aliphatic carbocycles. The van der Waals surface area contributed by atoms with Crippen LogP contribution in [0.1, 0.15) is 17.7 Å². The fourth-order valence-electron chi connectivity index (χ4n) is 2.91. The van der Waals surface area contributed by atoms with Crippen LogP contribution in [0.2, 0.25) is 0 Å². The van der Waals surface area contributed by atoms with Crippen LogP contribution < -0.4 is 11.4 Å². The molecule has 1 fully saturated rings. The van der Waals surface area contributed by atoms with Gasteiger partial charge in [0, 0.05) is 40.2 Å². The Morgan fingerprint density at radius 3 is 2.82 bits per heavy atom. The van der Waals surface area contributed by atoms with Crippen molar-refractivity contribution >= 4 is 11.3 Å². The molecule has 4 rings (SSSR count). The highest BCUT2D eigenvalue weighted by molar-refractivity contribution is 7.15. The maximum absolute atomic E-state index is 12.8. The fraction of sp³-hybridized carbons (Fsp3) is 0.389. The Hall–Kier alpha value is -2.59. The number of hydrogen-bond donors (Lipinski definition) is 1. The molecule has 0 unspecified atom stereocenters. The van der Waals surface area contributed by atoms with Crippen LogP contribution in [-0.2, 0) is 19.6 Å². The fourth-order valence-corrected chi connectivity index (χ4v) is 3.89. The summed E-state index contributed by atoms with van der Waals surface area (Å²) in [6.45, 7) is 0.676. The molecule has 3 heterocycles. The summed E-state index contributed by atoms with van der Waals surface area (Å²) >= 11 is 1.57. The SMILES string of the molecule is NCC(Cn1ncn(Cc2ccc(-c3cnn(CC4CC4)c3)s2)c1=O)=C(F)F. The Bertz CT molecular complexity index is 1050. The maximum Gasteiger partial charge on any atom is 0.346 e. The van der Waals surface area contributed by atoms with Crippen LogP contribution >= 0.6 is 11.3 Å². The van der Waals surface area contributed by atoms with Gasteiger partial charge >= 0.3 is 5.69 Å². The van der Waals surface area contributed by atoms with Crippen LogP contribution in [0, 0.1) is 5.92 Å². The van der Waals surface area contributed by atoms with Crippen LogP contribution in [0.25, 0.3) is 10.4 Å². The highest BCUT2D eigenvalue weighted by Gasteiger charge is 2.22. The van der Waals surface area contributed by atoms with Crippen molar-refractivity contribution in [2.24, 2.45) is 11.7 Å². The minimum Gasteiger partial charge on any atom is -0.327 e. The first kappa shape index (κ1) is 18.8. The topological polar surface area (TPSA) is 83.7 Å². The van der Waals surface area contributed by atoms with E-state index in [2.05, 4.69) is 10.2 Å². The standard InChI is InChI=1S/C18H20F2N6OS/c19-17(20)13(5-21)9-26-18(27)24(11-23-26)10-15-3-4-16(28-15)14-6-22-25(8-14)7-12-1-2-12/h3-4,6,8,11-12H,1-2,5,7,9-10,21H2. The maximum atomic E-state index is 12.8. The van der Waals surface area contributed by atoms with Crippen molar-refractivity contribution < 1.29 is 8.78 Å². The molecule has 0 saturated heterocycles. The summed E-state index contributed by atoms with van der Waals surface area (Å²) < 4.78 is 29.9. The second-order valence-corrected chi connectivity index (χ2v) is 8.10. The molecule has 3 aromatic heterocycles. The molecule has 0 bridgehead atoms. The largest absolute Gasteiger partial charge is 0.346 e. The first-order chi connectivity index (χ1) is 13.5. The molecule has 7 nitrogen and oxygen atoms in total. The number of thiophene rings is 1. The summed E-state index contributed by atoms with van der Waals surface area (Å²) in [7, 11) is 0. The Balaban J connectivity index is 1.46. The summed E-state index contributed by atoms with van der Waals surface area (Å²) in [6, 6.07) is 3.95. The molecule has 0 spiro atoms. The summed E-state index contributed by atoms with van der Waals surface area (Å²) in [5.41, 5.74) is 5.61. The van der Waals surface area contributed by atoms with E-state index >= 15 is 0 Å². The van der Waals surface area contributed by atoms with E-state index in [4.69, 9.17) is 5.73 Å². The minimum absolute atomic E-state index is 0.297. The van der Waals surface area contributed by atoms with Crippen LogP contribution in [0.5, 0.6) is 0 Å². The van der Waals surface area contributed by atoms with Gasteiger partial charge in [0.15, 0.2) is 0 Å². The number of aromatic nitrogens is 5. The molecule has 3 aromatic rings. The van der Waals surface area contributed by atoms with E-state index in [-0.39, 0.29) is 18.7 Å². The number of rotatable bonds is 8. The average molecular weight is 406 g/mol. The molecule has 0 atom stereocenters. The van der Waals surface area contributed by atoms with E-state index in [1.54, 1.807) is 11.3 Å². The van der Waals surface area contributed by atoms with E-state index in [1.807, 2.05) is 29.2 Å². The molecule has 0 radical (unpaired) electrons. The van der Waals surface area contributed by atoms with E-state index in [0.29, 0.717) is 6.54 Å². The summed E-state index contributed by atoms with van der Waals surface area (Å²) in [5, 5.41) is 8.33. The lowest BCUT2D eigenvalue weighted by Crippen LogP contribution is -2.27. The second kappa shape index (κ2) is 7.80. The van der Waals surface area contributed by atoms with Gasteiger partial charge in [-0.3, -0.25) is 9.25 Å². The zero-order chi connectivity index (χ0) is 19.7. The molecule has 148 valence electrons. The van der Waals surface area contributed by atoms with Crippen molar-refractivity contribution in [3.8, 4) is 10.4 Å². The van der Waals surface area contributed by atoms with Crippen molar-refractivity contribution in [3.63, 3.8) is 0 Å². The van der Waals surface area contributed by atoms with E-state index in [0.717, 1.165) is 32.5 Å². The predicted molar refractivity (Wildman–Crippen MR) is 102 cm³/mol. The highest BCUT2D eigenvalue weighted by Crippen LogP contribution is 2.32. The van der Waals surface area contributed by atoms with Gasteiger partial charge in [-0.25, -0.2) is 9.48 Å². The molecule has 2 N–H and O–H groups in total. The van der Waals surface area contributed by atoms with Crippen LogP contribution in [0.4, 0.5) is 8.78 Å². The molecule has 28 heavy (non-hydrogen) atoms. The molecule has 1 aliphatic rings. The predicted octanol–water partition coefficient (Wildman–Crippen LogP) is 2.54. The lowest BCUT2D eigenvalue weighted by molar-refractivity contribution is 0.400. The quantitative estimate of drug-likeness (QED) is 0.623. The molecule has 0 aliphatic heterocycles. The van der Waals surface area contributed by atoms with Crippen molar-refractivity contribution in [3.05, 3.63) is 57.9 Å². The summed E-state index contributed by atoms with van der Waals surface area (Å²) in [6.07, 6.45) is 5.95. The third-order valence-electron chi connectivity index (χ3n) is 4.70. The third kappa shape index (κ3) is 4.12. The van der Waals surface area contributed by atoms with Crippen LogP contribution in [0.3, 0.4) is 0 Å². The first-order valence-electron chi connectivity index (χ1n) is 9.00. The number of nitrogens with zero attached hydrogens (tertiary/aromatic N) is 5. The smallest absolute Gasteiger partial charge is 0.327 e. The van der Waals surface area contributed by atoms with Gasteiger partial charge in [-0.05, 0) is 30.9 Å². The van der Waals surface area contributed by atoms with Gasteiger partial charge in [-0.2, -0.15) is 19.0 Å². The monoisotopic (exact) mass is 406 g/mol. The van der Waals surface area contributed by atoms with Gasteiger partial charge in [-0.1, -0.05) is 0 Å². The zero-order valence-electron chi connectivity index (χ0n) is 15.1. The Morgan fingerprint density at radius 2 is 2.11 bits per heavy atom. The van der Waals surface area contributed by atoms with Gasteiger partial charge in [-0.15, -0.1) is 11.3 Å². The first-order valence-corrected chi connectivity index (χ1v) is 9.82. The lowest BCUT2D eigenvalue weighted by Gasteiger charge is -2.02. The second-order valence-electron chi connectivity index (χ2n) is 6.93. The van der Waals surface area contributed by atoms with Crippen LogP contribution in [0.15, 0.2) is 47.3 Å². The van der Waals surface area contributed by atoms with Crippen molar-refractivity contribution in [2.45, 2.75) is 32.5 Å². The highest BCUT2D eigenvalue weighted by atomic mass is 32.1. The Labute approximate surface area is 163 Å². The van der Waals surface area contributed by atoms with E-state index in [1.165, 1.54) is 23.7 Å². The normalized spacial score (nSPS) is 13.8. The Morgan fingerprint density at radius 1 is 1.29 bits per heavy atom. The average Bonchev–Trinajstić information content (AvgIpc) is 3.05. The third-order valence-corrected chi connectivity index (χ3v) is 5.82. The molecule has 10 heteroatoms. The molecular weight excluding hydrogens is 386 g/mol. The summed E-state index contributed by atoms with van der Waals surface area (Å²) in [4.78, 5) is 14.4. The Kier molecular flexibility index (Phi) is 5.23. The van der Waals surface area contributed by atoms with Gasteiger partial charge in [0.1, 0.15) is 6.33 Å². The number of halogens is 2. The van der Waals surface area contributed by atoms with Crippen molar-refractivity contribution in [2.75, 3.05) is 6.54 Å². The molecule has 0 amide bonds. The van der Waals surface area contributed by atoms with Crippen molar-refractivity contribution in [1.82, 2.24) is 24.1 Å². The van der Waals surface area contributed by atoms with Gasteiger partial charge < -0.3 is 5.73 Å². The molecular formula is C18H20F2N6OS. The summed E-state index contributed by atoms with van der Waals surface area (Å²) in [5.74, 6) is 0.760. The van der Waals surface area contributed by atoms with Gasteiger partial charge in [0.25, 0.3) is 6.08 Å². The number of nitrogens with two attached hydrogens (primary N) is 1. The molecule has 1 saturated carbocycles. The van der Waals surface area contributed by atoms with Gasteiger partial charge in [0.05, 0.1) is 19.3 Å².